The Labute approximate surface area is 140 Å². The predicted molar refractivity (Wildman–Crippen MR) is 91.5 cm³/mol. The minimum absolute atomic E-state index is 0.0284. The second-order valence-corrected chi connectivity index (χ2v) is 6.77. The number of rotatable bonds is 3. The van der Waals surface area contributed by atoms with Crippen LogP contribution < -0.4 is 0 Å². The highest BCUT2D eigenvalue weighted by molar-refractivity contribution is 5.93. The van der Waals surface area contributed by atoms with Crippen molar-refractivity contribution in [3.63, 3.8) is 0 Å². The molecule has 0 heterocycles. The van der Waals surface area contributed by atoms with Crippen LogP contribution in [0.25, 0.3) is 16.7 Å². The van der Waals surface area contributed by atoms with E-state index in [4.69, 9.17) is 0 Å². The molecule has 0 saturated heterocycles. The topological polar surface area (TPSA) is 57.5 Å². The Hall–Kier alpha value is -2.62. The summed E-state index contributed by atoms with van der Waals surface area (Å²) in [4.78, 5) is 11.4. The van der Waals surface area contributed by atoms with Gasteiger partial charge in [-0.2, -0.15) is 0 Å². The molecule has 0 aromatic heterocycles. The normalized spacial score (nSPS) is 16.0. The number of carboxylic acid groups (broad SMARTS) is 1. The number of halogens is 1. The SMILES string of the molecule is CC1(C)CCC=C1c1cc(C(=O)O)ccc1-c1cc(O)ccc1F. The van der Waals surface area contributed by atoms with E-state index in [1.165, 1.54) is 24.3 Å². The summed E-state index contributed by atoms with van der Waals surface area (Å²) in [6.07, 6.45) is 3.95. The standard InChI is InChI=1S/C20H19FO3/c1-20(2)9-3-4-17(20)15-10-12(19(23)24)5-7-14(15)16-11-13(22)6-8-18(16)21/h4-8,10-11,22H,3,9H2,1-2H3,(H,23,24). The van der Waals surface area contributed by atoms with E-state index < -0.39 is 11.8 Å². The first kappa shape index (κ1) is 16.2. The molecule has 2 aromatic rings. The van der Waals surface area contributed by atoms with Crippen LogP contribution in [-0.2, 0) is 0 Å². The third-order valence-corrected chi connectivity index (χ3v) is 4.64. The summed E-state index contributed by atoms with van der Waals surface area (Å²) in [5.74, 6) is -1.50. The maximum Gasteiger partial charge on any atom is 0.335 e. The molecular weight excluding hydrogens is 307 g/mol. The van der Waals surface area contributed by atoms with Crippen LogP contribution >= 0.6 is 0 Å². The first-order chi connectivity index (χ1) is 11.3. The van der Waals surface area contributed by atoms with Crippen LogP contribution in [-0.4, -0.2) is 16.2 Å². The molecule has 0 saturated carbocycles. The van der Waals surface area contributed by atoms with Gasteiger partial charge in [0.25, 0.3) is 0 Å². The van der Waals surface area contributed by atoms with Gasteiger partial charge in [-0.3, -0.25) is 0 Å². The zero-order valence-corrected chi connectivity index (χ0v) is 13.6. The molecule has 0 bridgehead atoms. The summed E-state index contributed by atoms with van der Waals surface area (Å²) in [7, 11) is 0. The highest BCUT2D eigenvalue weighted by atomic mass is 19.1. The Morgan fingerprint density at radius 1 is 1.08 bits per heavy atom. The van der Waals surface area contributed by atoms with E-state index in [1.54, 1.807) is 12.1 Å². The third-order valence-electron chi connectivity index (χ3n) is 4.64. The molecule has 3 nitrogen and oxygen atoms in total. The van der Waals surface area contributed by atoms with Gasteiger partial charge in [-0.15, -0.1) is 0 Å². The van der Waals surface area contributed by atoms with Gasteiger partial charge in [-0.1, -0.05) is 26.0 Å². The number of phenolic OH excluding ortho intramolecular Hbond substituents is 1. The molecule has 1 aliphatic carbocycles. The number of aromatic hydroxyl groups is 1. The Morgan fingerprint density at radius 2 is 1.83 bits per heavy atom. The number of phenols is 1. The number of allylic oxidation sites excluding steroid dienone is 2. The van der Waals surface area contributed by atoms with Gasteiger partial charge < -0.3 is 10.2 Å². The largest absolute Gasteiger partial charge is 0.508 e. The van der Waals surface area contributed by atoms with Crippen molar-refractivity contribution in [2.24, 2.45) is 5.41 Å². The van der Waals surface area contributed by atoms with Crippen LogP contribution in [0.15, 0.2) is 42.5 Å². The maximum absolute atomic E-state index is 14.3. The number of hydrogen-bond acceptors (Lipinski definition) is 2. The summed E-state index contributed by atoms with van der Waals surface area (Å²) in [6, 6.07) is 8.56. The van der Waals surface area contributed by atoms with E-state index in [1.807, 2.05) is 0 Å². The molecule has 0 amide bonds. The van der Waals surface area contributed by atoms with Crippen LogP contribution in [0.5, 0.6) is 5.75 Å². The first-order valence-electron chi connectivity index (χ1n) is 7.87. The summed E-state index contributed by atoms with van der Waals surface area (Å²) in [5, 5.41) is 19.0. The molecule has 3 rings (SSSR count). The lowest BCUT2D eigenvalue weighted by atomic mass is 9.79. The summed E-state index contributed by atoms with van der Waals surface area (Å²) in [5.41, 5.74) is 2.64. The van der Waals surface area contributed by atoms with E-state index in [-0.39, 0.29) is 22.3 Å². The van der Waals surface area contributed by atoms with E-state index in [9.17, 15) is 19.4 Å². The fraction of sp³-hybridized carbons (Fsp3) is 0.250. The number of aromatic carboxylic acids is 1. The monoisotopic (exact) mass is 326 g/mol. The number of hydrogen-bond donors (Lipinski definition) is 2. The van der Waals surface area contributed by atoms with Crippen LogP contribution in [0.1, 0.15) is 42.6 Å². The number of carboxylic acids is 1. The van der Waals surface area contributed by atoms with Crippen molar-refractivity contribution in [3.05, 3.63) is 59.4 Å². The van der Waals surface area contributed by atoms with Gasteiger partial charge in [0.05, 0.1) is 5.56 Å². The van der Waals surface area contributed by atoms with Gasteiger partial charge in [0.1, 0.15) is 11.6 Å². The van der Waals surface area contributed by atoms with Crippen molar-refractivity contribution < 1.29 is 19.4 Å². The van der Waals surface area contributed by atoms with Gasteiger partial charge >= 0.3 is 5.97 Å². The lowest BCUT2D eigenvalue weighted by Crippen LogP contribution is -2.11. The van der Waals surface area contributed by atoms with Crippen LogP contribution in [0.4, 0.5) is 4.39 Å². The van der Waals surface area contributed by atoms with Crippen LogP contribution in [0, 0.1) is 11.2 Å². The Morgan fingerprint density at radius 3 is 2.46 bits per heavy atom. The van der Waals surface area contributed by atoms with Gasteiger partial charge in [-0.05, 0) is 65.3 Å². The predicted octanol–water partition coefficient (Wildman–Crippen LogP) is 5.10. The molecule has 0 fully saturated rings. The minimum atomic E-state index is -1.02. The average Bonchev–Trinajstić information content (AvgIpc) is 2.88. The van der Waals surface area contributed by atoms with Gasteiger partial charge in [0.2, 0.25) is 0 Å². The molecule has 1 aliphatic rings. The molecule has 0 atom stereocenters. The van der Waals surface area contributed by atoms with Gasteiger partial charge in [0.15, 0.2) is 0 Å². The highest BCUT2D eigenvalue weighted by Crippen LogP contribution is 2.47. The summed E-state index contributed by atoms with van der Waals surface area (Å²) < 4.78 is 14.3. The minimum Gasteiger partial charge on any atom is -0.508 e. The third kappa shape index (κ3) is 2.80. The lowest BCUT2D eigenvalue weighted by molar-refractivity contribution is 0.0697. The molecule has 0 unspecified atom stereocenters. The number of carbonyl (C=O) groups is 1. The Kier molecular flexibility index (Phi) is 3.91. The summed E-state index contributed by atoms with van der Waals surface area (Å²) >= 11 is 0. The molecule has 0 radical (unpaired) electrons. The Bertz CT molecular complexity index is 850. The van der Waals surface area contributed by atoms with E-state index >= 15 is 0 Å². The maximum atomic E-state index is 14.3. The van der Waals surface area contributed by atoms with Gasteiger partial charge in [-0.25, -0.2) is 9.18 Å². The van der Waals surface area contributed by atoms with Crippen molar-refractivity contribution in [1.82, 2.24) is 0 Å². The smallest absolute Gasteiger partial charge is 0.335 e. The molecule has 2 N–H and O–H groups in total. The zero-order chi connectivity index (χ0) is 17.5. The lowest BCUT2D eigenvalue weighted by Gasteiger charge is -2.25. The molecule has 0 spiro atoms. The molecule has 0 aliphatic heterocycles. The van der Waals surface area contributed by atoms with Crippen molar-refractivity contribution >= 4 is 11.5 Å². The molecular formula is C20H19FO3. The van der Waals surface area contributed by atoms with Crippen molar-refractivity contribution in [2.45, 2.75) is 26.7 Å². The fourth-order valence-electron chi connectivity index (χ4n) is 3.32. The molecule has 4 heteroatoms. The van der Waals surface area contributed by atoms with Gasteiger partial charge in [0, 0.05) is 5.56 Å². The van der Waals surface area contributed by atoms with Crippen molar-refractivity contribution in [3.8, 4) is 16.9 Å². The van der Waals surface area contributed by atoms with Crippen LogP contribution in [0.2, 0.25) is 0 Å². The zero-order valence-electron chi connectivity index (χ0n) is 13.6. The fourth-order valence-corrected chi connectivity index (χ4v) is 3.32. The molecule has 2 aromatic carbocycles. The second kappa shape index (κ2) is 5.78. The van der Waals surface area contributed by atoms with E-state index in [0.29, 0.717) is 11.1 Å². The first-order valence-corrected chi connectivity index (χ1v) is 7.87. The summed E-state index contributed by atoms with van der Waals surface area (Å²) in [6.45, 7) is 4.20. The van der Waals surface area contributed by atoms with Crippen LogP contribution in [0.3, 0.4) is 0 Å². The van der Waals surface area contributed by atoms with E-state index in [2.05, 4.69) is 19.9 Å². The van der Waals surface area contributed by atoms with E-state index in [0.717, 1.165) is 18.4 Å². The molecule has 124 valence electrons. The highest BCUT2D eigenvalue weighted by Gasteiger charge is 2.30. The second-order valence-electron chi connectivity index (χ2n) is 6.77. The van der Waals surface area contributed by atoms with Crippen molar-refractivity contribution in [1.29, 1.82) is 0 Å². The van der Waals surface area contributed by atoms with Crippen molar-refractivity contribution in [2.75, 3.05) is 0 Å². The Balaban J connectivity index is 2.27. The quantitative estimate of drug-likeness (QED) is 0.825. The average molecular weight is 326 g/mol. The number of benzene rings is 2. The molecule has 24 heavy (non-hydrogen) atoms.